The third-order valence-corrected chi connectivity index (χ3v) is 7.84. The second-order valence-electron chi connectivity index (χ2n) is 10.6. The van der Waals surface area contributed by atoms with Crippen molar-refractivity contribution in [3.63, 3.8) is 0 Å². The summed E-state index contributed by atoms with van der Waals surface area (Å²) in [5.41, 5.74) is 8.32. The van der Waals surface area contributed by atoms with Gasteiger partial charge in [-0.1, -0.05) is 42.1 Å². The normalized spacial score (nSPS) is 15.5. The number of hydrogen-bond acceptors (Lipinski definition) is 6. The highest BCUT2D eigenvalue weighted by molar-refractivity contribution is 8.15. The molecule has 6 nitrogen and oxygen atoms in total. The van der Waals surface area contributed by atoms with E-state index in [1.807, 2.05) is 24.3 Å². The van der Waals surface area contributed by atoms with Gasteiger partial charge < -0.3 is 15.2 Å². The fourth-order valence-electron chi connectivity index (χ4n) is 4.51. The second kappa shape index (κ2) is 11.6. The summed E-state index contributed by atoms with van der Waals surface area (Å²) < 4.78 is 5.98. The minimum absolute atomic E-state index is 0.212. The van der Waals surface area contributed by atoms with E-state index in [9.17, 15) is 14.7 Å². The zero-order valence-electron chi connectivity index (χ0n) is 22.7. The molecule has 3 aromatic carbocycles. The Bertz CT molecular complexity index is 1330. The number of anilines is 1. The molecule has 0 saturated carbocycles. The number of amides is 2. The number of aliphatic hydroxyl groups is 1. The van der Waals surface area contributed by atoms with Crippen LogP contribution in [0.4, 0.5) is 10.5 Å². The zero-order chi connectivity index (χ0) is 27.4. The van der Waals surface area contributed by atoms with Gasteiger partial charge in [-0.3, -0.25) is 14.9 Å². The lowest BCUT2D eigenvalue weighted by molar-refractivity contribution is -0.118. The van der Waals surface area contributed by atoms with E-state index in [1.54, 1.807) is 13.8 Å². The Morgan fingerprint density at radius 1 is 1.00 bits per heavy atom. The SMILES string of the molecule is Cc1cc(-c2cccc(CNc3ccc(CC4SC(=O)NC4=O)cc3)c2C)c(C)cc1OCCC(C)(C)O. The number of aryl methyl sites for hydroxylation is 2. The Kier molecular flexibility index (Phi) is 8.48. The maximum atomic E-state index is 11.8. The van der Waals surface area contributed by atoms with Crippen molar-refractivity contribution in [1.29, 1.82) is 0 Å². The number of nitrogens with one attached hydrogen (secondary N) is 2. The van der Waals surface area contributed by atoms with E-state index in [2.05, 4.69) is 61.7 Å². The largest absolute Gasteiger partial charge is 0.493 e. The van der Waals surface area contributed by atoms with Crippen LogP contribution in [0.2, 0.25) is 0 Å². The van der Waals surface area contributed by atoms with Crippen LogP contribution in [0, 0.1) is 20.8 Å². The van der Waals surface area contributed by atoms with Gasteiger partial charge in [0.25, 0.3) is 5.24 Å². The van der Waals surface area contributed by atoms with Gasteiger partial charge in [0.2, 0.25) is 5.91 Å². The molecule has 0 bridgehead atoms. The molecule has 3 aromatic rings. The summed E-state index contributed by atoms with van der Waals surface area (Å²) in [4.78, 5) is 23.2. The third-order valence-electron chi connectivity index (χ3n) is 6.85. The van der Waals surface area contributed by atoms with Crippen molar-refractivity contribution < 1.29 is 19.4 Å². The summed E-state index contributed by atoms with van der Waals surface area (Å²) in [6, 6.07) is 18.7. The van der Waals surface area contributed by atoms with Gasteiger partial charge in [0.05, 0.1) is 17.5 Å². The van der Waals surface area contributed by atoms with E-state index >= 15 is 0 Å². The molecule has 200 valence electrons. The molecule has 1 aliphatic heterocycles. The average molecular weight is 533 g/mol. The molecular formula is C31H36N2O4S. The van der Waals surface area contributed by atoms with Gasteiger partial charge in [-0.25, -0.2) is 0 Å². The van der Waals surface area contributed by atoms with Gasteiger partial charge in [-0.05, 0) is 104 Å². The fraction of sp³-hybridized carbons (Fsp3) is 0.355. The average Bonchev–Trinajstić information content (AvgIpc) is 3.17. The Morgan fingerprint density at radius 3 is 2.39 bits per heavy atom. The Labute approximate surface area is 229 Å². The van der Waals surface area contributed by atoms with Gasteiger partial charge in [0, 0.05) is 18.7 Å². The first kappa shape index (κ1) is 27.7. The Morgan fingerprint density at radius 2 is 1.74 bits per heavy atom. The molecule has 4 rings (SSSR count). The molecule has 3 N–H and O–H groups in total. The second-order valence-corrected chi connectivity index (χ2v) is 11.7. The number of carbonyl (C=O) groups is 2. The fourth-order valence-corrected chi connectivity index (χ4v) is 5.37. The lowest BCUT2D eigenvalue weighted by Crippen LogP contribution is -2.25. The highest BCUT2D eigenvalue weighted by atomic mass is 32.2. The topological polar surface area (TPSA) is 87.7 Å². The highest BCUT2D eigenvalue weighted by Crippen LogP contribution is 2.33. The molecule has 38 heavy (non-hydrogen) atoms. The van der Waals surface area contributed by atoms with E-state index in [1.165, 1.54) is 22.3 Å². The van der Waals surface area contributed by atoms with E-state index in [0.29, 0.717) is 26.0 Å². The van der Waals surface area contributed by atoms with Gasteiger partial charge in [-0.2, -0.15) is 0 Å². The maximum Gasteiger partial charge on any atom is 0.286 e. The number of ether oxygens (including phenoxy) is 1. The predicted molar refractivity (Wildman–Crippen MR) is 155 cm³/mol. The molecule has 0 spiro atoms. The van der Waals surface area contributed by atoms with Crippen LogP contribution in [-0.4, -0.2) is 33.7 Å². The summed E-state index contributed by atoms with van der Waals surface area (Å²) in [7, 11) is 0. The molecule has 1 unspecified atom stereocenters. The lowest BCUT2D eigenvalue weighted by Gasteiger charge is -2.19. The number of hydrogen-bond donors (Lipinski definition) is 3. The number of benzene rings is 3. The molecule has 2 amide bonds. The van der Waals surface area contributed by atoms with Crippen molar-refractivity contribution in [3.8, 4) is 16.9 Å². The van der Waals surface area contributed by atoms with Gasteiger partial charge >= 0.3 is 0 Å². The Hall–Kier alpha value is -3.29. The van der Waals surface area contributed by atoms with E-state index in [-0.39, 0.29) is 16.4 Å². The molecule has 0 radical (unpaired) electrons. The van der Waals surface area contributed by atoms with Crippen LogP contribution in [0.5, 0.6) is 5.75 Å². The molecule has 1 aliphatic rings. The van der Waals surface area contributed by atoms with Crippen LogP contribution < -0.4 is 15.4 Å². The minimum Gasteiger partial charge on any atom is -0.493 e. The highest BCUT2D eigenvalue weighted by Gasteiger charge is 2.31. The van der Waals surface area contributed by atoms with Crippen LogP contribution in [0.25, 0.3) is 11.1 Å². The van der Waals surface area contributed by atoms with Crippen molar-refractivity contribution >= 4 is 28.6 Å². The van der Waals surface area contributed by atoms with Gasteiger partial charge in [0.1, 0.15) is 5.75 Å². The standard InChI is InChI=1S/C31H36N2O4S/c1-19-16-27(37-14-13-31(4,5)36)20(2)15-26(19)25-8-6-7-23(21(25)3)18-32-24-11-9-22(10-12-24)17-28-29(34)33-30(35)38-28/h6-12,15-16,28,32,36H,13-14,17-18H2,1-5H3,(H,33,34,35). The summed E-state index contributed by atoms with van der Waals surface area (Å²) in [6.07, 6.45) is 1.10. The van der Waals surface area contributed by atoms with E-state index < -0.39 is 5.60 Å². The minimum atomic E-state index is -0.745. The number of thioether (sulfide) groups is 1. The van der Waals surface area contributed by atoms with Crippen molar-refractivity contribution in [1.82, 2.24) is 5.32 Å². The molecule has 1 atom stereocenters. The summed E-state index contributed by atoms with van der Waals surface area (Å²) >= 11 is 1.06. The van der Waals surface area contributed by atoms with Crippen molar-refractivity contribution in [3.05, 3.63) is 82.4 Å². The smallest absolute Gasteiger partial charge is 0.286 e. The number of carbonyl (C=O) groups excluding carboxylic acids is 2. The van der Waals surface area contributed by atoms with Crippen LogP contribution in [0.15, 0.2) is 54.6 Å². The number of rotatable bonds is 10. The van der Waals surface area contributed by atoms with Gasteiger partial charge in [0.15, 0.2) is 0 Å². The molecule has 1 saturated heterocycles. The molecule has 1 heterocycles. The summed E-state index contributed by atoms with van der Waals surface area (Å²) in [5, 5.41) is 15.2. The van der Waals surface area contributed by atoms with Crippen LogP contribution in [-0.2, 0) is 17.8 Å². The number of imide groups is 1. The molecular weight excluding hydrogens is 496 g/mol. The molecule has 7 heteroatoms. The van der Waals surface area contributed by atoms with E-state index in [4.69, 9.17) is 4.74 Å². The first-order valence-electron chi connectivity index (χ1n) is 12.9. The monoisotopic (exact) mass is 532 g/mol. The van der Waals surface area contributed by atoms with Crippen LogP contribution in [0.3, 0.4) is 0 Å². The van der Waals surface area contributed by atoms with E-state index in [0.717, 1.165) is 39.9 Å². The van der Waals surface area contributed by atoms with Crippen molar-refractivity contribution in [2.24, 2.45) is 0 Å². The molecule has 1 fully saturated rings. The van der Waals surface area contributed by atoms with Gasteiger partial charge in [-0.15, -0.1) is 0 Å². The predicted octanol–water partition coefficient (Wildman–Crippen LogP) is 6.32. The first-order valence-corrected chi connectivity index (χ1v) is 13.8. The summed E-state index contributed by atoms with van der Waals surface area (Å²) in [6.45, 7) is 11.1. The zero-order valence-corrected chi connectivity index (χ0v) is 23.5. The third kappa shape index (κ3) is 6.97. The first-order chi connectivity index (χ1) is 18.0. The molecule has 0 aromatic heterocycles. The van der Waals surface area contributed by atoms with Crippen molar-refractivity contribution in [2.75, 3.05) is 11.9 Å². The summed E-state index contributed by atoms with van der Waals surface area (Å²) in [5.74, 6) is 0.643. The molecule has 0 aliphatic carbocycles. The van der Waals surface area contributed by atoms with Crippen LogP contribution >= 0.6 is 11.8 Å². The van der Waals surface area contributed by atoms with Crippen molar-refractivity contribution in [2.45, 2.75) is 64.9 Å². The Balaban J connectivity index is 1.42. The maximum absolute atomic E-state index is 11.8. The lowest BCUT2D eigenvalue weighted by atomic mass is 9.92. The quantitative estimate of drug-likeness (QED) is 0.283. The van der Waals surface area contributed by atoms with Crippen LogP contribution in [0.1, 0.15) is 48.1 Å².